The Hall–Kier alpha value is -1.35. The van der Waals surface area contributed by atoms with Gasteiger partial charge in [0.05, 0.1) is 19.0 Å². The van der Waals surface area contributed by atoms with Gasteiger partial charge in [-0.2, -0.15) is 4.31 Å². The van der Waals surface area contributed by atoms with Gasteiger partial charge >= 0.3 is 0 Å². The minimum Gasteiger partial charge on any atom is -0.372 e. The Kier molecular flexibility index (Phi) is 5.33. The van der Waals surface area contributed by atoms with Gasteiger partial charge in [-0.05, 0) is 42.5 Å². The highest BCUT2D eigenvalue weighted by atomic mass is 32.2. The minimum atomic E-state index is -3.17. The molecule has 3 heterocycles. The molecule has 0 aromatic heterocycles. The summed E-state index contributed by atoms with van der Waals surface area (Å²) in [7, 11) is -3.17. The summed E-state index contributed by atoms with van der Waals surface area (Å²) in [6, 6.07) is 3.70. The van der Waals surface area contributed by atoms with Gasteiger partial charge in [0.1, 0.15) is 11.6 Å². The van der Waals surface area contributed by atoms with Crippen LogP contribution in [0, 0.1) is 17.6 Å². The van der Waals surface area contributed by atoms with E-state index in [9.17, 15) is 17.2 Å². The van der Waals surface area contributed by atoms with Gasteiger partial charge in [-0.25, -0.2) is 17.2 Å². The van der Waals surface area contributed by atoms with E-state index in [2.05, 4.69) is 4.90 Å². The quantitative estimate of drug-likeness (QED) is 0.717. The predicted molar refractivity (Wildman–Crippen MR) is 102 cm³/mol. The number of halogens is 2. The Morgan fingerprint density at radius 1 is 1.14 bits per heavy atom. The highest BCUT2D eigenvalue weighted by Crippen LogP contribution is 2.38. The van der Waals surface area contributed by atoms with Gasteiger partial charge in [0, 0.05) is 37.8 Å². The van der Waals surface area contributed by atoms with Gasteiger partial charge in [0.25, 0.3) is 0 Å². The Morgan fingerprint density at radius 2 is 1.89 bits per heavy atom. The summed E-state index contributed by atoms with van der Waals surface area (Å²) >= 11 is 0. The first-order valence-corrected chi connectivity index (χ1v) is 11.5. The van der Waals surface area contributed by atoms with Crippen molar-refractivity contribution >= 4 is 10.0 Å². The number of benzene rings is 1. The van der Waals surface area contributed by atoms with Crippen molar-refractivity contribution in [1.82, 2.24) is 9.21 Å². The number of hydrogen-bond acceptors (Lipinski definition) is 4. The Bertz CT molecular complexity index is 903. The van der Waals surface area contributed by atoms with Gasteiger partial charge < -0.3 is 4.74 Å². The molecule has 0 radical (unpaired) electrons. The molecule has 5 nitrogen and oxygen atoms in total. The van der Waals surface area contributed by atoms with Crippen LogP contribution in [0.2, 0.25) is 0 Å². The molecule has 0 bridgehead atoms. The minimum absolute atomic E-state index is 0.0557. The highest BCUT2D eigenvalue weighted by molar-refractivity contribution is 7.88. The standard InChI is InChI=1S/C20H26F2N2O3S/c1-13-7-17(12-27-20(13)18-8-16(21)3-4-19(18)22)23-9-14-5-6-24(28(2,25)26)11-15(14)10-23/h3-4,8,13,17,20H,5-7,9-12H2,1-2H3/t13-,17+,20-/m0/s1. The molecule has 1 fully saturated rings. The van der Waals surface area contributed by atoms with Crippen molar-refractivity contribution in [2.45, 2.75) is 31.9 Å². The number of sulfonamides is 1. The van der Waals surface area contributed by atoms with E-state index in [-0.39, 0.29) is 17.5 Å². The first-order valence-electron chi connectivity index (χ1n) is 9.68. The van der Waals surface area contributed by atoms with Gasteiger partial charge in [-0.1, -0.05) is 12.5 Å². The second-order valence-electron chi connectivity index (χ2n) is 8.25. The lowest BCUT2D eigenvalue weighted by Crippen LogP contribution is -2.43. The van der Waals surface area contributed by atoms with Crippen LogP contribution >= 0.6 is 0 Å². The van der Waals surface area contributed by atoms with Crippen molar-refractivity contribution in [3.8, 4) is 0 Å². The fraction of sp³-hybridized carbons (Fsp3) is 0.600. The Balaban J connectivity index is 1.40. The molecule has 0 aliphatic carbocycles. The SMILES string of the molecule is C[C@H]1C[C@@H](N2CC3=C(C2)CN(S(C)(=O)=O)CC3)CO[C@@H]1c1cc(F)ccc1F. The summed E-state index contributed by atoms with van der Waals surface area (Å²) in [5.41, 5.74) is 2.82. The molecule has 0 N–H and O–H groups in total. The molecule has 0 amide bonds. The number of nitrogens with zero attached hydrogens (tertiary/aromatic N) is 2. The van der Waals surface area contributed by atoms with Crippen LogP contribution in [-0.2, 0) is 14.8 Å². The molecule has 1 aromatic carbocycles. The van der Waals surface area contributed by atoms with E-state index >= 15 is 0 Å². The summed E-state index contributed by atoms with van der Waals surface area (Å²) in [6.45, 7) is 5.08. The van der Waals surface area contributed by atoms with E-state index in [0.717, 1.165) is 38.1 Å². The number of hydrogen-bond donors (Lipinski definition) is 0. The van der Waals surface area contributed by atoms with E-state index in [1.165, 1.54) is 27.8 Å². The van der Waals surface area contributed by atoms with E-state index < -0.39 is 27.8 Å². The second-order valence-corrected chi connectivity index (χ2v) is 10.2. The summed E-state index contributed by atoms with van der Waals surface area (Å²) in [5, 5.41) is 0. The van der Waals surface area contributed by atoms with E-state index in [0.29, 0.717) is 19.7 Å². The lowest BCUT2D eigenvalue weighted by atomic mass is 9.88. The summed E-state index contributed by atoms with van der Waals surface area (Å²) in [5.74, 6) is -0.836. The van der Waals surface area contributed by atoms with Gasteiger partial charge in [0.2, 0.25) is 10.0 Å². The van der Waals surface area contributed by atoms with Crippen LogP contribution in [0.15, 0.2) is 29.3 Å². The fourth-order valence-corrected chi connectivity index (χ4v) is 5.48. The van der Waals surface area contributed by atoms with E-state index in [1.807, 2.05) is 6.92 Å². The summed E-state index contributed by atoms with van der Waals surface area (Å²) in [4.78, 5) is 2.34. The second kappa shape index (κ2) is 7.48. The third-order valence-electron chi connectivity index (χ3n) is 6.20. The molecular formula is C20H26F2N2O3S. The van der Waals surface area contributed by atoms with Crippen LogP contribution in [0.4, 0.5) is 8.78 Å². The summed E-state index contributed by atoms with van der Waals surface area (Å²) < 4.78 is 58.9. The smallest absolute Gasteiger partial charge is 0.211 e. The van der Waals surface area contributed by atoms with Crippen molar-refractivity contribution in [3.05, 3.63) is 46.5 Å². The maximum Gasteiger partial charge on any atom is 0.211 e. The van der Waals surface area contributed by atoms with Crippen LogP contribution in [0.3, 0.4) is 0 Å². The van der Waals surface area contributed by atoms with Crippen LogP contribution in [0.1, 0.15) is 31.4 Å². The molecule has 0 spiro atoms. The normalized spacial score (nSPS) is 29.9. The topological polar surface area (TPSA) is 49.9 Å². The maximum atomic E-state index is 14.1. The van der Waals surface area contributed by atoms with Crippen LogP contribution < -0.4 is 0 Å². The molecule has 3 aliphatic rings. The van der Waals surface area contributed by atoms with E-state index in [1.54, 1.807) is 0 Å². The third kappa shape index (κ3) is 3.87. The fourth-order valence-electron chi connectivity index (χ4n) is 4.66. The zero-order valence-corrected chi connectivity index (χ0v) is 17.0. The molecule has 28 heavy (non-hydrogen) atoms. The summed E-state index contributed by atoms with van der Waals surface area (Å²) in [6.07, 6.45) is 2.42. The molecule has 3 atom stereocenters. The van der Waals surface area contributed by atoms with Crippen LogP contribution in [-0.4, -0.2) is 62.7 Å². The van der Waals surface area contributed by atoms with Gasteiger partial charge in [-0.15, -0.1) is 0 Å². The molecule has 3 aliphatic heterocycles. The number of ether oxygens (including phenoxy) is 1. The van der Waals surface area contributed by atoms with Crippen molar-refractivity contribution in [1.29, 1.82) is 0 Å². The van der Waals surface area contributed by atoms with Crippen molar-refractivity contribution in [3.63, 3.8) is 0 Å². The number of rotatable bonds is 3. The van der Waals surface area contributed by atoms with Crippen LogP contribution in [0.25, 0.3) is 0 Å². The Morgan fingerprint density at radius 3 is 2.61 bits per heavy atom. The lowest BCUT2D eigenvalue weighted by molar-refractivity contribution is -0.0661. The van der Waals surface area contributed by atoms with Gasteiger partial charge in [0.15, 0.2) is 0 Å². The molecule has 1 aromatic rings. The van der Waals surface area contributed by atoms with Crippen molar-refractivity contribution in [2.75, 3.05) is 39.0 Å². The zero-order valence-electron chi connectivity index (χ0n) is 16.2. The monoisotopic (exact) mass is 412 g/mol. The third-order valence-corrected chi connectivity index (χ3v) is 7.45. The van der Waals surface area contributed by atoms with Crippen molar-refractivity contribution < 1.29 is 21.9 Å². The molecular weight excluding hydrogens is 386 g/mol. The average molecular weight is 413 g/mol. The molecule has 4 rings (SSSR count). The maximum absolute atomic E-state index is 14.1. The molecule has 0 saturated carbocycles. The molecule has 8 heteroatoms. The average Bonchev–Trinajstić information content (AvgIpc) is 3.06. The van der Waals surface area contributed by atoms with E-state index in [4.69, 9.17) is 4.74 Å². The van der Waals surface area contributed by atoms with Crippen molar-refractivity contribution in [2.24, 2.45) is 5.92 Å². The molecule has 154 valence electrons. The molecule has 1 saturated heterocycles. The van der Waals surface area contributed by atoms with Gasteiger partial charge in [-0.3, -0.25) is 4.90 Å². The molecule has 0 unspecified atom stereocenters. The first-order chi connectivity index (χ1) is 13.2. The lowest BCUT2D eigenvalue weighted by Gasteiger charge is -2.39. The highest BCUT2D eigenvalue weighted by Gasteiger charge is 2.38. The van der Waals surface area contributed by atoms with Crippen LogP contribution in [0.5, 0.6) is 0 Å². The zero-order chi connectivity index (χ0) is 20.1. The Labute approximate surface area is 165 Å². The largest absolute Gasteiger partial charge is 0.372 e. The predicted octanol–water partition coefficient (Wildman–Crippen LogP) is 2.71. The first kappa shape index (κ1) is 19.9.